The molecule has 0 saturated heterocycles. The van der Waals surface area contributed by atoms with Crippen LogP contribution >= 0.6 is 11.8 Å². The Bertz CT molecular complexity index is 867. The average Bonchev–Trinajstić information content (AvgIpc) is 3.14. The van der Waals surface area contributed by atoms with Crippen LogP contribution in [0.3, 0.4) is 0 Å². The first-order valence-electron chi connectivity index (χ1n) is 8.10. The number of hydrogen-bond acceptors (Lipinski definition) is 5. The van der Waals surface area contributed by atoms with Gasteiger partial charge in [0.05, 0.1) is 19.0 Å². The summed E-state index contributed by atoms with van der Waals surface area (Å²) >= 11 is 1.60. The molecule has 7 heteroatoms. The number of carboxylic acids is 1. The second-order valence-corrected chi connectivity index (χ2v) is 6.75. The molecule has 6 nitrogen and oxygen atoms in total. The molecule has 1 N–H and O–H groups in total. The summed E-state index contributed by atoms with van der Waals surface area (Å²) in [7, 11) is 1.63. The van der Waals surface area contributed by atoms with Gasteiger partial charge in [0.25, 0.3) is 0 Å². The van der Waals surface area contributed by atoms with Gasteiger partial charge in [-0.05, 0) is 23.8 Å². The third-order valence-corrected chi connectivity index (χ3v) is 4.89. The van der Waals surface area contributed by atoms with E-state index in [0.717, 1.165) is 21.9 Å². The summed E-state index contributed by atoms with van der Waals surface area (Å²) < 4.78 is 6.64. The van der Waals surface area contributed by atoms with Crippen molar-refractivity contribution in [2.75, 3.05) is 7.11 Å². The van der Waals surface area contributed by atoms with Crippen LogP contribution in [0.4, 0.5) is 0 Å². The summed E-state index contributed by atoms with van der Waals surface area (Å²) in [5, 5.41) is 17.7. The molecule has 0 radical (unpaired) electrons. The van der Waals surface area contributed by atoms with Crippen molar-refractivity contribution in [2.45, 2.75) is 23.1 Å². The fourth-order valence-electron chi connectivity index (χ4n) is 2.51. The number of benzene rings is 2. The van der Waals surface area contributed by atoms with Gasteiger partial charge in [0.15, 0.2) is 6.04 Å². The zero-order valence-electron chi connectivity index (χ0n) is 14.3. The van der Waals surface area contributed by atoms with E-state index in [1.807, 2.05) is 54.6 Å². The second-order valence-electron chi connectivity index (χ2n) is 5.70. The number of carbonyl (C=O) groups is 1. The Morgan fingerprint density at radius 1 is 1.23 bits per heavy atom. The van der Waals surface area contributed by atoms with Crippen LogP contribution < -0.4 is 4.74 Å². The molecule has 1 atom stereocenters. The van der Waals surface area contributed by atoms with Crippen LogP contribution in [0.5, 0.6) is 5.75 Å². The topological polar surface area (TPSA) is 77.2 Å². The summed E-state index contributed by atoms with van der Waals surface area (Å²) in [6, 6.07) is 16.5. The van der Waals surface area contributed by atoms with E-state index in [1.54, 1.807) is 25.1 Å². The van der Waals surface area contributed by atoms with Gasteiger partial charge in [-0.2, -0.15) is 0 Å². The highest BCUT2D eigenvalue weighted by Crippen LogP contribution is 2.25. The number of aromatic nitrogens is 3. The first-order valence-corrected chi connectivity index (χ1v) is 9.08. The normalized spacial score (nSPS) is 11.9. The molecule has 1 unspecified atom stereocenters. The predicted molar refractivity (Wildman–Crippen MR) is 99.4 cm³/mol. The fraction of sp³-hybridized carbons (Fsp3) is 0.211. The third-order valence-electron chi connectivity index (χ3n) is 3.86. The molecule has 0 aliphatic heterocycles. The highest BCUT2D eigenvalue weighted by molar-refractivity contribution is 7.98. The number of aliphatic carboxylic acids is 1. The van der Waals surface area contributed by atoms with E-state index in [4.69, 9.17) is 4.74 Å². The minimum Gasteiger partial charge on any atom is -0.497 e. The second kappa shape index (κ2) is 8.53. The molecule has 0 fully saturated rings. The molecule has 26 heavy (non-hydrogen) atoms. The van der Waals surface area contributed by atoms with Gasteiger partial charge >= 0.3 is 5.97 Å². The maximum Gasteiger partial charge on any atom is 0.328 e. The lowest BCUT2D eigenvalue weighted by Gasteiger charge is -2.12. The number of hydrogen-bond donors (Lipinski definition) is 1. The average molecular weight is 369 g/mol. The number of thioether (sulfide) groups is 1. The molecular formula is C19H19N3O3S. The molecule has 0 aliphatic rings. The molecular weight excluding hydrogens is 350 g/mol. The number of ether oxygens (including phenoxy) is 1. The first kappa shape index (κ1) is 18.0. The van der Waals surface area contributed by atoms with Crippen LogP contribution in [0, 0.1) is 0 Å². The molecule has 1 aromatic heterocycles. The molecule has 0 amide bonds. The van der Waals surface area contributed by atoms with Crippen molar-refractivity contribution in [3.63, 3.8) is 0 Å². The third kappa shape index (κ3) is 4.64. The summed E-state index contributed by atoms with van der Waals surface area (Å²) in [6.45, 7) is 0. The zero-order valence-corrected chi connectivity index (χ0v) is 15.1. The van der Waals surface area contributed by atoms with Gasteiger partial charge in [-0.3, -0.25) is 0 Å². The van der Waals surface area contributed by atoms with Crippen molar-refractivity contribution in [3.05, 3.63) is 72.1 Å². The van der Waals surface area contributed by atoms with E-state index in [1.165, 1.54) is 4.68 Å². The zero-order chi connectivity index (χ0) is 18.4. The van der Waals surface area contributed by atoms with Gasteiger partial charge in [-0.15, -0.1) is 16.9 Å². The Kier molecular flexibility index (Phi) is 5.91. The van der Waals surface area contributed by atoms with Crippen LogP contribution in [-0.4, -0.2) is 33.2 Å². The van der Waals surface area contributed by atoms with Crippen molar-refractivity contribution in [2.24, 2.45) is 0 Å². The van der Waals surface area contributed by atoms with Crippen LogP contribution in [0.25, 0.3) is 0 Å². The standard InChI is InChI=1S/C19H19N3O3S/c1-25-16-8-5-9-17(11-16)26-13-15-12-22(21-20-15)18(19(23)24)10-14-6-3-2-4-7-14/h2-9,11-12,18H,10,13H2,1H3,(H,23,24). The largest absolute Gasteiger partial charge is 0.497 e. The maximum absolute atomic E-state index is 11.7. The summed E-state index contributed by atoms with van der Waals surface area (Å²) in [5.74, 6) is 0.475. The molecule has 134 valence electrons. The molecule has 3 aromatic rings. The monoisotopic (exact) mass is 369 g/mol. The highest BCUT2D eigenvalue weighted by Gasteiger charge is 2.21. The summed E-state index contributed by atoms with van der Waals surface area (Å²) in [5.41, 5.74) is 1.68. The number of rotatable bonds is 8. The van der Waals surface area contributed by atoms with Crippen molar-refractivity contribution in [1.29, 1.82) is 0 Å². The van der Waals surface area contributed by atoms with Crippen molar-refractivity contribution in [1.82, 2.24) is 15.0 Å². The number of carboxylic acid groups (broad SMARTS) is 1. The summed E-state index contributed by atoms with van der Waals surface area (Å²) in [4.78, 5) is 12.7. The highest BCUT2D eigenvalue weighted by atomic mass is 32.2. The Labute approximate surface area is 155 Å². The van der Waals surface area contributed by atoms with E-state index < -0.39 is 12.0 Å². The van der Waals surface area contributed by atoms with E-state index in [2.05, 4.69) is 10.3 Å². The smallest absolute Gasteiger partial charge is 0.328 e. The predicted octanol–water partition coefficient (Wildman–Crippen LogP) is 3.45. The molecule has 0 bridgehead atoms. The molecule has 0 spiro atoms. The van der Waals surface area contributed by atoms with Gasteiger partial charge in [0.2, 0.25) is 0 Å². The van der Waals surface area contributed by atoms with Crippen LogP contribution in [0.1, 0.15) is 17.3 Å². The van der Waals surface area contributed by atoms with E-state index in [9.17, 15) is 9.90 Å². The molecule has 1 heterocycles. The maximum atomic E-state index is 11.7. The number of methoxy groups -OCH3 is 1. The van der Waals surface area contributed by atoms with Gasteiger partial charge in [-0.25, -0.2) is 9.48 Å². The van der Waals surface area contributed by atoms with Crippen LogP contribution in [-0.2, 0) is 17.0 Å². The van der Waals surface area contributed by atoms with E-state index in [0.29, 0.717) is 12.2 Å². The van der Waals surface area contributed by atoms with Gasteiger partial charge in [0.1, 0.15) is 5.75 Å². The lowest BCUT2D eigenvalue weighted by Crippen LogP contribution is -2.22. The van der Waals surface area contributed by atoms with E-state index in [-0.39, 0.29) is 0 Å². The van der Waals surface area contributed by atoms with Crippen molar-refractivity contribution < 1.29 is 14.6 Å². The molecule has 0 saturated carbocycles. The molecule has 3 rings (SSSR count). The minimum absolute atomic E-state index is 0.363. The lowest BCUT2D eigenvalue weighted by atomic mass is 10.1. The first-order chi connectivity index (χ1) is 12.7. The Balaban J connectivity index is 1.67. The van der Waals surface area contributed by atoms with Gasteiger partial charge in [0, 0.05) is 17.1 Å². The minimum atomic E-state index is -0.925. The quantitative estimate of drug-likeness (QED) is 0.613. The van der Waals surface area contributed by atoms with Crippen molar-refractivity contribution >= 4 is 17.7 Å². The molecule has 2 aromatic carbocycles. The Morgan fingerprint density at radius 2 is 2.04 bits per heavy atom. The van der Waals surface area contributed by atoms with E-state index >= 15 is 0 Å². The lowest BCUT2D eigenvalue weighted by molar-refractivity contribution is -0.141. The van der Waals surface area contributed by atoms with Crippen LogP contribution in [0.15, 0.2) is 65.7 Å². The SMILES string of the molecule is COc1cccc(SCc2cn(C(Cc3ccccc3)C(=O)O)nn2)c1. The van der Waals surface area contributed by atoms with Gasteiger partial charge < -0.3 is 9.84 Å². The Morgan fingerprint density at radius 3 is 2.77 bits per heavy atom. The van der Waals surface area contributed by atoms with Crippen molar-refractivity contribution in [3.8, 4) is 5.75 Å². The molecule has 0 aliphatic carbocycles. The fourth-order valence-corrected chi connectivity index (χ4v) is 3.33. The van der Waals surface area contributed by atoms with Gasteiger partial charge in [-0.1, -0.05) is 41.6 Å². The Hall–Kier alpha value is -2.80. The summed E-state index contributed by atoms with van der Waals surface area (Å²) in [6.07, 6.45) is 2.07. The van der Waals surface area contributed by atoms with Crippen LogP contribution in [0.2, 0.25) is 0 Å². The number of nitrogens with zero attached hydrogens (tertiary/aromatic N) is 3.